The zero-order chi connectivity index (χ0) is 14.4. The van der Waals surface area contributed by atoms with Gasteiger partial charge in [0.1, 0.15) is 5.22 Å². The molecule has 1 aliphatic heterocycles. The normalized spacial score (nSPS) is 30.5. The van der Waals surface area contributed by atoms with Crippen LogP contribution in [-0.2, 0) is 18.3 Å². The molecule has 19 heavy (non-hydrogen) atoms. The molecule has 1 rings (SSSR count). The first-order valence-corrected chi connectivity index (χ1v) is 9.45. The lowest BCUT2D eigenvalue weighted by Crippen LogP contribution is -2.71. The number of ether oxygens (including phenoxy) is 2. The minimum Gasteiger partial charge on any atom is -0.396 e. The maximum Gasteiger partial charge on any atom is 0.373 e. The van der Waals surface area contributed by atoms with Gasteiger partial charge in [-0.05, 0) is 31.7 Å². The highest BCUT2D eigenvalue weighted by Gasteiger charge is 2.63. The fraction of sp³-hybridized carbons (Fsp3) is 1.00. The van der Waals surface area contributed by atoms with Gasteiger partial charge in [-0.3, -0.25) is 0 Å². The van der Waals surface area contributed by atoms with E-state index in [4.69, 9.17) is 18.3 Å². The molecule has 0 radical (unpaired) electrons. The minimum atomic E-state index is -2.39. The van der Waals surface area contributed by atoms with E-state index in [0.717, 1.165) is 44.8 Å². The Balaban J connectivity index is 3.08. The van der Waals surface area contributed by atoms with Crippen LogP contribution >= 0.6 is 0 Å². The van der Waals surface area contributed by atoms with Crippen molar-refractivity contribution >= 4 is 8.56 Å². The van der Waals surface area contributed by atoms with Crippen LogP contribution < -0.4 is 0 Å². The SMILES string of the molecule is CCCOC1CCC[Si](OC)(OC)C1(CCC)OC. The maximum absolute atomic E-state index is 6.10. The molecule has 0 aromatic rings. The molecule has 0 saturated carbocycles. The van der Waals surface area contributed by atoms with E-state index in [-0.39, 0.29) is 11.3 Å². The summed E-state index contributed by atoms with van der Waals surface area (Å²) in [6, 6.07) is 0.986. The van der Waals surface area contributed by atoms with E-state index in [1.54, 1.807) is 21.3 Å². The van der Waals surface area contributed by atoms with Crippen LogP contribution in [0.25, 0.3) is 0 Å². The summed E-state index contributed by atoms with van der Waals surface area (Å²) in [4.78, 5) is 0. The van der Waals surface area contributed by atoms with Gasteiger partial charge in [-0.2, -0.15) is 0 Å². The first-order valence-electron chi connectivity index (χ1n) is 7.43. The van der Waals surface area contributed by atoms with E-state index in [1.165, 1.54) is 0 Å². The summed E-state index contributed by atoms with van der Waals surface area (Å²) < 4.78 is 23.9. The largest absolute Gasteiger partial charge is 0.396 e. The fourth-order valence-electron chi connectivity index (χ4n) is 3.43. The molecule has 4 nitrogen and oxygen atoms in total. The molecule has 0 amide bonds. The average molecular weight is 290 g/mol. The van der Waals surface area contributed by atoms with Crippen LogP contribution in [0.5, 0.6) is 0 Å². The van der Waals surface area contributed by atoms with Crippen molar-refractivity contribution in [1.82, 2.24) is 0 Å². The van der Waals surface area contributed by atoms with Crippen molar-refractivity contribution in [3.63, 3.8) is 0 Å². The van der Waals surface area contributed by atoms with Crippen LogP contribution in [0.3, 0.4) is 0 Å². The van der Waals surface area contributed by atoms with Crippen LogP contribution in [0.2, 0.25) is 6.04 Å². The Hall–Kier alpha value is 0.0569. The van der Waals surface area contributed by atoms with Crippen molar-refractivity contribution in [1.29, 1.82) is 0 Å². The quantitative estimate of drug-likeness (QED) is 0.644. The Morgan fingerprint density at radius 1 is 1.11 bits per heavy atom. The van der Waals surface area contributed by atoms with Gasteiger partial charge in [0, 0.05) is 27.9 Å². The summed E-state index contributed by atoms with van der Waals surface area (Å²) in [6.07, 6.45) is 5.23. The molecule has 1 heterocycles. The van der Waals surface area contributed by atoms with E-state index < -0.39 is 8.56 Å². The molecule has 1 saturated heterocycles. The number of methoxy groups -OCH3 is 1. The van der Waals surface area contributed by atoms with Gasteiger partial charge < -0.3 is 18.3 Å². The summed E-state index contributed by atoms with van der Waals surface area (Å²) in [7, 11) is 2.92. The van der Waals surface area contributed by atoms with Gasteiger partial charge in [0.05, 0.1) is 6.10 Å². The lowest BCUT2D eigenvalue weighted by molar-refractivity contribution is -0.123. The second-order valence-electron chi connectivity index (χ2n) is 5.26. The van der Waals surface area contributed by atoms with E-state index in [1.807, 2.05) is 0 Å². The number of rotatable bonds is 8. The smallest absolute Gasteiger partial charge is 0.373 e. The van der Waals surface area contributed by atoms with Gasteiger partial charge in [0.25, 0.3) is 0 Å². The zero-order valence-electron chi connectivity index (χ0n) is 13.2. The molecule has 0 bridgehead atoms. The molecule has 1 aliphatic rings. The molecule has 0 spiro atoms. The zero-order valence-corrected chi connectivity index (χ0v) is 14.2. The Kier molecular flexibility index (Phi) is 6.97. The highest BCUT2D eigenvalue weighted by Crippen LogP contribution is 2.44. The third kappa shape index (κ3) is 3.05. The number of hydrogen-bond acceptors (Lipinski definition) is 4. The Labute approximate surface area is 119 Å². The molecule has 1 fully saturated rings. The Morgan fingerprint density at radius 3 is 2.26 bits per heavy atom. The summed E-state index contributed by atoms with van der Waals surface area (Å²) in [6.45, 7) is 5.09. The lowest BCUT2D eigenvalue weighted by Gasteiger charge is -2.51. The summed E-state index contributed by atoms with van der Waals surface area (Å²) >= 11 is 0. The van der Waals surface area contributed by atoms with Gasteiger partial charge in [-0.1, -0.05) is 20.3 Å². The van der Waals surface area contributed by atoms with Crippen LogP contribution in [0.15, 0.2) is 0 Å². The molecule has 5 heteroatoms. The minimum absolute atomic E-state index is 0.0951. The van der Waals surface area contributed by atoms with Gasteiger partial charge >= 0.3 is 8.56 Å². The highest BCUT2D eigenvalue weighted by molar-refractivity contribution is 6.71. The van der Waals surface area contributed by atoms with Crippen molar-refractivity contribution in [2.75, 3.05) is 27.9 Å². The average Bonchev–Trinajstić information content (AvgIpc) is 2.46. The van der Waals surface area contributed by atoms with Crippen molar-refractivity contribution in [2.24, 2.45) is 0 Å². The molecule has 0 aliphatic carbocycles. The number of hydrogen-bond donors (Lipinski definition) is 0. The maximum atomic E-state index is 6.10. The van der Waals surface area contributed by atoms with Gasteiger partial charge in [0.2, 0.25) is 0 Å². The summed E-state index contributed by atoms with van der Waals surface area (Å²) in [5, 5.41) is -0.376. The molecule has 114 valence electrons. The van der Waals surface area contributed by atoms with Crippen LogP contribution in [-0.4, -0.2) is 47.8 Å². The van der Waals surface area contributed by atoms with E-state index in [9.17, 15) is 0 Å². The summed E-state index contributed by atoms with van der Waals surface area (Å²) in [5.74, 6) is 0. The molecule has 0 aromatic heterocycles. The molecule has 0 aromatic carbocycles. The summed E-state index contributed by atoms with van der Waals surface area (Å²) in [5.41, 5.74) is 0. The van der Waals surface area contributed by atoms with Crippen LogP contribution in [0.1, 0.15) is 46.0 Å². The predicted octanol–water partition coefficient (Wildman–Crippen LogP) is 3.03. The Morgan fingerprint density at radius 2 is 1.79 bits per heavy atom. The second-order valence-corrected chi connectivity index (χ2v) is 8.93. The van der Waals surface area contributed by atoms with Gasteiger partial charge in [0.15, 0.2) is 0 Å². The molecular formula is C14H30O4Si. The van der Waals surface area contributed by atoms with Crippen LogP contribution in [0, 0.1) is 0 Å². The van der Waals surface area contributed by atoms with Crippen molar-refractivity contribution in [3.8, 4) is 0 Å². The third-order valence-electron chi connectivity index (χ3n) is 4.31. The second kappa shape index (κ2) is 7.74. The Bertz CT molecular complexity index is 258. The highest BCUT2D eigenvalue weighted by atomic mass is 28.4. The first-order chi connectivity index (χ1) is 9.16. The predicted molar refractivity (Wildman–Crippen MR) is 78.5 cm³/mol. The first kappa shape index (κ1) is 17.1. The van der Waals surface area contributed by atoms with Gasteiger partial charge in [-0.15, -0.1) is 0 Å². The van der Waals surface area contributed by atoms with E-state index in [0.29, 0.717) is 0 Å². The fourth-order valence-corrected chi connectivity index (χ4v) is 7.45. The van der Waals surface area contributed by atoms with E-state index in [2.05, 4.69) is 13.8 Å². The van der Waals surface area contributed by atoms with Gasteiger partial charge in [-0.25, -0.2) is 0 Å². The monoisotopic (exact) mass is 290 g/mol. The molecular weight excluding hydrogens is 260 g/mol. The molecule has 0 N–H and O–H groups in total. The molecule has 2 atom stereocenters. The topological polar surface area (TPSA) is 36.9 Å². The molecule has 2 unspecified atom stereocenters. The van der Waals surface area contributed by atoms with Crippen molar-refractivity contribution in [3.05, 3.63) is 0 Å². The van der Waals surface area contributed by atoms with Crippen molar-refractivity contribution < 1.29 is 18.3 Å². The standard InChI is InChI=1S/C14H30O4Si/c1-6-10-14(15-3)13(18-11-7-2)9-8-12-19(14,16-4)17-5/h13H,6-12H2,1-5H3. The third-order valence-corrected chi connectivity index (χ3v) is 8.70. The van der Waals surface area contributed by atoms with Crippen molar-refractivity contribution in [2.45, 2.75) is 63.3 Å². The lowest BCUT2D eigenvalue weighted by atomic mass is 10.0. The van der Waals surface area contributed by atoms with E-state index >= 15 is 0 Å². The van der Waals surface area contributed by atoms with Crippen LogP contribution in [0.4, 0.5) is 0 Å².